The van der Waals surface area contributed by atoms with Crippen LogP contribution in [0, 0.1) is 0 Å². The zero-order valence-electron chi connectivity index (χ0n) is 50.8. The Morgan fingerprint density at radius 1 is 0.362 bits per heavy atom. The first-order valence-electron chi connectivity index (χ1n) is 31.8. The lowest BCUT2D eigenvalue weighted by Crippen LogP contribution is -2.30. The van der Waals surface area contributed by atoms with Crippen LogP contribution in [0.15, 0.2) is 109 Å². The van der Waals surface area contributed by atoms with Gasteiger partial charge in [0, 0.05) is 19.3 Å². The minimum atomic E-state index is -4.77. The summed E-state index contributed by atoms with van der Waals surface area (Å²) in [5, 5.41) is 9.85. The average molecular weight is 1140 g/mol. The molecule has 0 aliphatic heterocycles. The van der Waals surface area contributed by atoms with Crippen molar-refractivity contribution in [3.05, 3.63) is 109 Å². The van der Waals surface area contributed by atoms with Gasteiger partial charge in [-0.3, -0.25) is 23.4 Å². The van der Waals surface area contributed by atoms with Crippen LogP contribution >= 0.6 is 7.82 Å². The van der Waals surface area contributed by atoms with Crippen molar-refractivity contribution in [1.29, 1.82) is 0 Å². The number of phosphoric acid groups is 1. The first-order chi connectivity index (χ1) is 39.2. The first-order valence-corrected chi connectivity index (χ1v) is 33.3. The molecular weight excluding hydrogens is 1020 g/mol. The molecule has 0 aliphatic carbocycles. The molecule has 3 unspecified atom stereocenters. The Bertz CT molecular complexity index is 1760. The van der Waals surface area contributed by atoms with Gasteiger partial charge in [0.2, 0.25) is 0 Å². The van der Waals surface area contributed by atoms with E-state index in [0.29, 0.717) is 19.3 Å². The van der Waals surface area contributed by atoms with E-state index in [1.54, 1.807) is 0 Å². The summed E-state index contributed by atoms with van der Waals surface area (Å²) in [5.41, 5.74) is 0. The lowest BCUT2D eigenvalue weighted by molar-refractivity contribution is -0.161. The van der Waals surface area contributed by atoms with E-state index in [2.05, 4.69) is 130 Å². The third-order valence-electron chi connectivity index (χ3n) is 13.2. The van der Waals surface area contributed by atoms with E-state index in [1.165, 1.54) is 51.4 Å². The molecule has 0 aromatic rings. The number of carbonyl (C=O) groups excluding carboxylic acids is 3. The van der Waals surface area contributed by atoms with E-state index in [-0.39, 0.29) is 25.9 Å². The summed E-state index contributed by atoms with van der Waals surface area (Å²) >= 11 is 0. The van der Waals surface area contributed by atoms with E-state index in [0.717, 1.165) is 154 Å². The molecule has 0 aromatic heterocycles. The van der Waals surface area contributed by atoms with Gasteiger partial charge in [0.25, 0.3) is 0 Å². The van der Waals surface area contributed by atoms with E-state index in [1.807, 2.05) is 0 Å². The molecule has 0 amide bonds. The van der Waals surface area contributed by atoms with Gasteiger partial charge in [-0.2, -0.15) is 0 Å². The fraction of sp³-hybridized carbons (Fsp3) is 0.691. The maximum Gasteiger partial charge on any atom is 0.472 e. The highest BCUT2D eigenvalue weighted by Crippen LogP contribution is 2.43. The van der Waals surface area contributed by atoms with Gasteiger partial charge in [0.15, 0.2) is 6.10 Å². The van der Waals surface area contributed by atoms with Crippen molar-refractivity contribution in [3.8, 4) is 0 Å². The van der Waals surface area contributed by atoms with Crippen LogP contribution in [0.5, 0.6) is 0 Å². The van der Waals surface area contributed by atoms with Gasteiger partial charge in [-0.05, 0) is 122 Å². The normalized spacial score (nSPS) is 14.0. The number of carbonyl (C=O) groups is 3. The molecule has 0 heterocycles. The maximum atomic E-state index is 13.0. The van der Waals surface area contributed by atoms with Crippen LogP contribution in [0.3, 0.4) is 0 Å². The standard InChI is InChI=1S/C68H115O11P/c1-4-7-10-13-16-19-22-25-28-31-32-35-38-41-44-47-50-53-56-59-68(72)79-65(61-75-66(70)57-54-51-48-45-42-39-36-33-29-26-23-20-17-14-11-8-5-2)63-77-80(73,74)76-62-64(60-69)78-67(71)58-55-52-49-46-43-40-37-34-30-27-24-21-18-15-12-9-6-3/h7,9-10,12,16-21,25-30,32,35,64-65,69H,4-6,8,11,13-15,22-24,31,33-34,36-63H2,1-3H3,(H,73,74)/b10-7-,12-9-,19-16-,20-17-,21-18-,28-25-,29-26-,30-27-,35-32-. The van der Waals surface area contributed by atoms with Gasteiger partial charge < -0.3 is 24.2 Å². The topological polar surface area (TPSA) is 155 Å². The van der Waals surface area contributed by atoms with Gasteiger partial charge in [-0.15, -0.1) is 0 Å². The zero-order valence-corrected chi connectivity index (χ0v) is 51.7. The van der Waals surface area contributed by atoms with Crippen molar-refractivity contribution in [1.82, 2.24) is 0 Å². The van der Waals surface area contributed by atoms with Crippen LogP contribution in [-0.4, -0.2) is 66.5 Å². The molecule has 2 N–H and O–H groups in total. The zero-order chi connectivity index (χ0) is 58.3. The number of allylic oxidation sites excluding steroid dienone is 18. The summed E-state index contributed by atoms with van der Waals surface area (Å²) in [6.45, 7) is 4.38. The van der Waals surface area contributed by atoms with E-state index >= 15 is 0 Å². The number of phosphoric ester groups is 1. The fourth-order valence-electron chi connectivity index (χ4n) is 8.39. The van der Waals surface area contributed by atoms with Crippen LogP contribution in [0.25, 0.3) is 0 Å². The first kappa shape index (κ1) is 76.1. The molecule has 3 atom stereocenters. The molecule has 11 nitrogen and oxygen atoms in total. The van der Waals surface area contributed by atoms with Gasteiger partial charge in [-0.25, -0.2) is 4.57 Å². The number of unbranched alkanes of at least 4 members (excludes halogenated alkanes) is 23. The average Bonchev–Trinajstić information content (AvgIpc) is 3.45. The molecule has 0 aliphatic rings. The third-order valence-corrected chi connectivity index (χ3v) is 14.1. The Balaban J connectivity index is 4.76. The molecule has 458 valence electrons. The number of aliphatic hydroxyl groups is 1. The highest BCUT2D eigenvalue weighted by atomic mass is 31.2. The summed E-state index contributed by atoms with van der Waals surface area (Å²) < 4.78 is 39.7. The monoisotopic (exact) mass is 1140 g/mol. The molecule has 0 rings (SSSR count). The summed E-state index contributed by atoms with van der Waals surface area (Å²) in [6, 6.07) is 0. The Kier molecular flexibility index (Phi) is 58.3. The summed E-state index contributed by atoms with van der Waals surface area (Å²) in [4.78, 5) is 48.8. The quantitative estimate of drug-likeness (QED) is 0.0197. The molecule has 12 heteroatoms. The Labute approximate surface area is 488 Å². The summed E-state index contributed by atoms with van der Waals surface area (Å²) in [6.07, 6.45) is 74.6. The van der Waals surface area contributed by atoms with Crippen molar-refractivity contribution in [2.45, 2.75) is 277 Å². The van der Waals surface area contributed by atoms with Crippen LogP contribution < -0.4 is 0 Å². The largest absolute Gasteiger partial charge is 0.472 e. The predicted octanol–water partition coefficient (Wildman–Crippen LogP) is 19.4. The molecule has 0 radical (unpaired) electrons. The Morgan fingerprint density at radius 2 is 0.650 bits per heavy atom. The van der Waals surface area contributed by atoms with Crippen molar-refractivity contribution in [2.75, 3.05) is 26.4 Å². The molecule has 0 spiro atoms. The van der Waals surface area contributed by atoms with Crippen LogP contribution in [0.4, 0.5) is 0 Å². The van der Waals surface area contributed by atoms with Gasteiger partial charge in [-0.1, -0.05) is 233 Å². The second-order valence-electron chi connectivity index (χ2n) is 20.8. The lowest BCUT2D eigenvalue weighted by atomic mass is 10.1. The smallest absolute Gasteiger partial charge is 0.462 e. The molecule has 80 heavy (non-hydrogen) atoms. The summed E-state index contributed by atoms with van der Waals surface area (Å²) in [5.74, 6) is -1.50. The molecule has 0 saturated carbocycles. The number of ether oxygens (including phenoxy) is 3. The van der Waals surface area contributed by atoms with Crippen molar-refractivity contribution >= 4 is 25.7 Å². The van der Waals surface area contributed by atoms with Crippen LogP contribution in [0.2, 0.25) is 0 Å². The molecule has 0 saturated heterocycles. The number of rotatable bonds is 58. The lowest BCUT2D eigenvalue weighted by Gasteiger charge is -2.21. The predicted molar refractivity (Wildman–Crippen MR) is 334 cm³/mol. The van der Waals surface area contributed by atoms with E-state index in [4.69, 9.17) is 23.3 Å². The van der Waals surface area contributed by atoms with Crippen LogP contribution in [-0.2, 0) is 42.2 Å². The van der Waals surface area contributed by atoms with Crippen LogP contribution in [0.1, 0.15) is 265 Å². The highest BCUT2D eigenvalue weighted by Gasteiger charge is 2.28. The number of esters is 3. The maximum absolute atomic E-state index is 13.0. The number of aliphatic hydroxyl groups excluding tert-OH is 1. The van der Waals surface area contributed by atoms with Crippen molar-refractivity contribution in [3.63, 3.8) is 0 Å². The van der Waals surface area contributed by atoms with Gasteiger partial charge >= 0.3 is 25.7 Å². The number of hydrogen-bond acceptors (Lipinski definition) is 10. The number of hydrogen-bond donors (Lipinski definition) is 2. The third kappa shape index (κ3) is 58.8. The minimum Gasteiger partial charge on any atom is -0.462 e. The van der Waals surface area contributed by atoms with Crippen molar-refractivity contribution < 1.29 is 52.2 Å². The minimum absolute atomic E-state index is 0.144. The fourth-order valence-corrected chi connectivity index (χ4v) is 9.18. The highest BCUT2D eigenvalue weighted by molar-refractivity contribution is 7.47. The van der Waals surface area contributed by atoms with E-state index < -0.39 is 57.8 Å². The SMILES string of the molecule is CC/C=C\C/C=C\C/C=C\C/C=C\CCCCCCCCC(=O)OC(COC(=O)CCCCCCCCC/C=C\C/C=C\CCCCC)COP(=O)(O)OCC(CO)OC(=O)CCCCCCCCC/C=C\C/C=C\C/C=C\CC. The second kappa shape index (κ2) is 61.2. The Hall–Kier alpha value is -3.86. The molecule has 0 aromatic carbocycles. The van der Waals surface area contributed by atoms with Gasteiger partial charge in [0.05, 0.1) is 19.8 Å². The molecule has 0 fully saturated rings. The van der Waals surface area contributed by atoms with Gasteiger partial charge in [0.1, 0.15) is 12.7 Å². The Morgan fingerprint density at radius 3 is 1.00 bits per heavy atom. The van der Waals surface area contributed by atoms with E-state index in [9.17, 15) is 28.9 Å². The van der Waals surface area contributed by atoms with Crippen molar-refractivity contribution in [2.24, 2.45) is 0 Å². The molecule has 0 bridgehead atoms. The second-order valence-corrected chi connectivity index (χ2v) is 22.3. The summed E-state index contributed by atoms with van der Waals surface area (Å²) in [7, 11) is -4.77. The molecular formula is C68H115O11P.